The first-order valence-electron chi connectivity index (χ1n) is 8.68. The second-order valence-electron chi connectivity index (χ2n) is 6.19. The monoisotopic (exact) mass is 324 g/mol. The molecule has 5 nitrogen and oxygen atoms in total. The number of anilines is 2. The number of nitrogens with one attached hydrogen (secondary N) is 1. The number of fused-ring (bicyclic) bond motifs is 1. The summed E-state index contributed by atoms with van der Waals surface area (Å²) in [4.78, 5) is 23.5. The van der Waals surface area contributed by atoms with Crippen molar-refractivity contribution in [2.45, 2.75) is 39.5 Å². The average Bonchev–Trinajstić information content (AvgIpc) is 3.02. The molecule has 2 heterocycles. The van der Waals surface area contributed by atoms with Crippen LogP contribution >= 0.6 is 0 Å². The molecular weight excluding hydrogens is 300 g/mol. The number of amides is 1. The van der Waals surface area contributed by atoms with Crippen LogP contribution in [0.2, 0.25) is 0 Å². The van der Waals surface area contributed by atoms with Crippen molar-refractivity contribution < 1.29 is 4.79 Å². The van der Waals surface area contributed by atoms with Gasteiger partial charge in [-0.1, -0.05) is 38.0 Å². The summed E-state index contributed by atoms with van der Waals surface area (Å²) in [7, 11) is 0. The van der Waals surface area contributed by atoms with Crippen LogP contribution < -0.4 is 10.2 Å². The molecule has 1 N–H and O–H groups in total. The SMILES string of the molecule is CCCCCNc1nc(C)cc(C(=O)N2CCc3ccccc32)n1. The highest BCUT2D eigenvalue weighted by Crippen LogP contribution is 2.28. The molecule has 1 aromatic carbocycles. The van der Waals surface area contributed by atoms with E-state index < -0.39 is 0 Å². The van der Waals surface area contributed by atoms with Crippen LogP contribution in [0.4, 0.5) is 11.6 Å². The van der Waals surface area contributed by atoms with Gasteiger partial charge in [-0.15, -0.1) is 0 Å². The summed E-state index contributed by atoms with van der Waals surface area (Å²) in [6.07, 6.45) is 4.33. The lowest BCUT2D eigenvalue weighted by Gasteiger charge is -2.17. The molecular formula is C19H24N4O. The summed E-state index contributed by atoms with van der Waals surface area (Å²) in [6, 6.07) is 9.82. The minimum Gasteiger partial charge on any atom is -0.354 e. The number of unbranched alkanes of at least 4 members (excludes halogenated alkanes) is 2. The van der Waals surface area contributed by atoms with Crippen LogP contribution in [0, 0.1) is 6.92 Å². The number of para-hydroxylation sites is 1. The van der Waals surface area contributed by atoms with Crippen molar-refractivity contribution in [1.29, 1.82) is 0 Å². The highest BCUT2D eigenvalue weighted by atomic mass is 16.2. The zero-order valence-electron chi connectivity index (χ0n) is 14.4. The maximum absolute atomic E-state index is 12.9. The van der Waals surface area contributed by atoms with Crippen LogP contribution in [0.1, 0.15) is 47.9 Å². The zero-order valence-corrected chi connectivity index (χ0v) is 14.4. The number of nitrogens with zero attached hydrogens (tertiary/aromatic N) is 3. The Bertz CT molecular complexity index is 729. The summed E-state index contributed by atoms with van der Waals surface area (Å²) >= 11 is 0. The number of aromatic nitrogens is 2. The van der Waals surface area contributed by atoms with Crippen LogP contribution in [0.5, 0.6) is 0 Å². The van der Waals surface area contributed by atoms with Crippen LogP contribution in [-0.4, -0.2) is 29.0 Å². The van der Waals surface area contributed by atoms with E-state index in [9.17, 15) is 4.79 Å². The Morgan fingerprint density at radius 3 is 2.92 bits per heavy atom. The first-order chi connectivity index (χ1) is 11.7. The highest BCUT2D eigenvalue weighted by Gasteiger charge is 2.26. The Hall–Kier alpha value is -2.43. The summed E-state index contributed by atoms with van der Waals surface area (Å²) in [5.74, 6) is 0.490. The summed E-state index contributed by atoms with van der Waals surface area (Å²) < 4.78 is 0. The molecule has 1 aliphatic rings. The lowest BCUT2D eigenvalue weighted by molar-refractivity contribution is 0.0984. The van der Waals surface area contributed by atoms with Gasteiger partial charge in [-0.25, -0.2) is 9.97 Å². The molecule has 0 bridgehead atoms. The minimum atomic E-state index is -0.0536. The molecule has 2 aromatic rings. The third-order valence-corrected chi connectivity index (χ3v) is 4.27. The van der Waals surface area contributed by atoms with E-state index >= 15 is 0 Å². The predicted molar refractivity (Wildman–Crippen MR) is 96.6 cm³/mol. The Morgan fingerprint density at radius 2 is 2.08 bits per heavy atom. The van der Waals surface area contributed by atoms with Crippen molar-refractivity contribution in [3.63, 3.8) is 0 Å². The number of aryl methyl sites for hydroxylation is 1. The number of hydrogen-bond acceptors (Lipinski definition) is 4. The maximum atomic E-state index is 12.9. The molecule has 0 spiro atoms. The molecule has 0 atom stereocenters. The fraction of sp³-hybridized carbons (Fsp3) is 0.421. The van der Waals surface area contributed by atoms with Gasteiger partial charge in [0.25, 0.3) is 5.91 Å². The van der Waals surface area contributed by atoms with Gasteiger partial charge >= 0.3 is 0 Å². The number of carbonyl (C=O) groups excluding carboxylic acids is 1. The molecule has 3 rings (SSSR count). The van der Waals surface area contributed by atoms with Crippen molar-refractivity contribution >= 4 is 17.5 Å². The normalized spacial score (nSPS) is 13.0. The maximum Gasteiger partial charge on any atom is 0.277 e. The first kappa shape index (κ1) is 16.4. The molecule has 0 unspecified atom stereocenters. The predicted octanol–water partition coefficient (Wildman–Crippen LogP) is 3.59. The van der Waals surface area contributed by atoms with E-state index in [2.05, 4.69) is 28.3 Å². The van der Waals surface area contributed by atoms with Gasteiger partial charge in [0.1, 0.15) is 5.69 Å². The quantitative estimate of drug-likeness (QED) is 0.825. The molecule has 1 aromatic heterocycles. The molecule has 5 heteroatoms. The zero-order chi connectivity index (χ0) is 16.9. The van der Waals surface area contributed by atoms with E-state index in [0.29, 0.717) is 18.2 Å². The van der Waals surface area contributed by atoms with Crippen LogP contribution in [0.25, 0.3) is 0 Å². The Morgan fingerprint density at radius 1 is 1.25 bits per heavy atom. The van der Waals surface area contributed by atoms with E-state index in [1.54, 1.807) is 6.07 Å². The molecule has 0 radical (unpaired) electrons. The topological polar surface area (TPSA) is 58.1 Å². The standard InChI is InChI=1S/C19H24N4O/c1-3-4-7-11-20-19-21-14(2)13-16(22-19)18(24)23-12-10-15-8-5-6-9-17(15)23/h5-6,8-9,13H,3-4,7,10-12H2,1-2H3,(H,20,21,22). The number of carbonyl (C=O) groups is 1. The molecule has 0 saturated heterocycles. The Kier molecular flexibility index (Phi) is 5.08. The third kappa shape index (κ3) is 3.55. The summed E-state index contributed by atoms with van der Waals surface area (Å²) in [5.41, 5.74) is 3.47. The highest BCUT2D eigenvalue weighted by molar-refractivity contribution is 6.06. The largest absolute Gasteiger partial charge is 0.354 e. The number of rotatable bonds is 6. The van der Waals surface area contributed by atoms with Gasteiger partial charge in [0, 0.05) is 24.5 Å². The van der Waals surface area contributed by atoms with Crippen LogP contribution in [0.15, 0.2) is 30.3 Å². The van der Waals surface area contributed by atoms with Gasteiger partial charge in [-0.05, 0) is 37.5 Å². The molecule has 24 heavy (non-hydrogen) atoms. The van der Waals surface area contributed by atoms with Gasteiger partial charge in [0.2, 0.25) is 5.95 Å². The second kappa shape index (κ2) is 7.43. The van der Waals surface area contributed by atoms with E-state index in [-0.39, 0.29) is 5.91 Å². The van der Waals surface area contributed by atoms with Crippen molar-refractivity contribution in [3.05, 3.63) is 47.3 Å². The Balaban J connectivity index is 1.77. The molecule has 1 aliphatic heterocycles. The van der Waals surface area contributed by atoms with Gasteiger partial charge in [0.15, 0.2) is 0 Å². The fourth-order valence-corrected chi connectivity index (χ4v) is 3.02. The molecule has 0 aliphatic carbocycles. The molecule has 1 amide bonds. The van der Waals surface area contributed by atoms with E-state index in [4.69, 9.17) is 0 Å². The first-order valence-corrected chi connectivity index (χ1v) is 8.68. The van der Waals surface area contributed by atoms with Crippen LogP contribution in [-0.2, 0) is 6.42 Å². The van der Waals surface area contributed by atoms with Crippen molar-refractivity contribution in [1.82, 2.24) is 9.97 Å². The lowest BCUT2D eigenvalue weighted by Crippen LogP contribution is -2.30. The lowest BCUT2D eigenvalue weighted by atomic mass is 10.2. The van der Waals surface area contributed by atoms with Crippen molar-refractivity contribution in [2.75, 3.05) is 23.3 Å². The minimum absolute atomic E-state index is 0.0536. The molecule has 0 saturated carbocycles. The fourth-order valence-electron chi connectivity index (χ4n) is 3.02. The number of benzene rings is 1. The van der Waals surface area contributed by atoms with E-state index in [0.717, 1.165) is 30.8 Å². The van der Waals surface area contributed by atoms with Gasteiger partial charge in [-0.3, -0.25) is 4.79 Å². The van der Waals surface area contributed by atoms with Crippen molar-refractivity contribution in [3.8, 4) is 0 Å². The third-order valence-electron chi connectivity index (χ3n) is 4.27. The van der Waals surface area contributed by atoms with Gasteiger partial charge in [-0.2, -0.15) is 0 Å². The van der Waals surface area contributed by atoms with Crippen molar-refractivity contribution in [2.24, 2.45) is 0 Å². The molecule has 0 fully saturated rings. The molecule has 126 valence electrons. The van der Waals surface area contributed by atoms with Crippen LogP contribution in [0.3, 0.4) is 0 Å². The van der Waals surface area contributed by atoms with Gasteiger partial charge < -0.3 is 10.2 Å². The smallest absolute Gasteiger partial charge is 0.277 e. The summed E-state index contributed by atoms with van der Waals surface area (Å²) in [6.45, 7) is 5.61. The number of hydrogen-bond donors (Lipinski definition) is 1. The average molecular weight is 324 g/mol. The van der Waals surface area contributed by atoms with E-state index in [1.807, 2.05) is 30.0 Å². The Labute approximate surface area is 143 Å². The van der Waals surface area contributed by atoms with E-state index in [1.165, 1.54) is 18.4 Å². The summed E-state index contributed by atoms with van der Waals surface area (Å²) in [5, 5.41) is 3.23. The van der Waals surface area contributed by atoms with Gasteiger partial charge in [0.05, 0.1) is 0 Å². The second-order valence-corrected chi connectivity index (χ2v) is 6.19.